The number of para-hydroxylation sites is 1. The highest BCUT2D eigenvalue weighted by molar-refractivity contribution is 8.13. The van der Waals surface area contributed by atoms with Crippen LogP contribution in [0.4, 0.5) is 0 Å². The summed E-state index contributed by atoms with van der Waals surface area (Å²) in [7, 11) is 0. The molecular weight excluding hydrogens is 404 g/mol. The second-order valence-corrected chi connectivity index (χ2v) is 9.39. The van der Waals surface area contributed by atoms with Crippen LogP contribution in [0.2, 0.25) is 0 Å². The average Bonchev–Trinajstić information content (AvgIpc) is 2.78. The molecule has 0 spiro atoms. The van der Waals surface area contributed by atoms with E-state index in [0.717, 1.165) is 28.3 Å². The van der Waals surface area contributed by atoms with Gasteiger partial charge in [-0.25, -0.2) is 5.01 Å². The number of carbonyl (C=O) groups is 1. The third-order valence-corrected chi connectivity index (χ3v) is 6.60. The molecule has 162 valence electrons. The molecule has 2 aliphatic rings. The summed E-state index contributed by atoms with van der Waals surface area (Å²) >= 11 is 1.61. The number of benzene rings is 2. The fourth-order valence-corrected chi connectivity index (χ4v) is 4.71. The van der Waals surface area contributed by atoms with Crippen molar-refractivity contribution in [2.75, 3.05) is 5.75 Å². The van der Waals surface area contributed by atoms with Crippen LogP contribution in [0.1, 0.15) is 69.7 Å². The molecule has 5 nitrogen and oxygen atoms in total. The van der Waals surface area contributed by atoms with E-state index in [1.807, 2.05) is 24.3 Å². The first-order chi connectivity index (χ1) is 15.1. The Balaban J connectivity index is 1.69. The highest BCUT2D eigenvalue weighted by Gasteiger charge is 2.34. The molecule has 0 saturated heterocycles. The van der Waals surface area contributed by atoms with Crippen molar-refractivity contribution < 1.29 is 4.79 Å². The summed E-state index contributed by atoms with van der Waals surface area (Å²) in [6, 6.07) is 16.3. The van der Waals surface area contributed by atoms with E-state index in [-0.39, 0.29) is 12.1 Å². The van der Waals surface area contributed by atoms with Crippen LogP contribution in [0.5, 0.6) is 0 Å². The van der Waals surface area contributed by atoms with E-state index in [1.54, 1.807) is 16.8 Å². The van der Waals surface area contributed by atoms with E-state index in [1.165, 1.54) is 24.8 Å². The van der Waals surface area contributed by atoms with Crippen LogP contribution in [0.25, 0.3) is 5.70 Å². The van der Waals surface area contributed by atoms with Gasteiger partial charge in [-0.3, -0.25) is 15.1 Å². The molecule has 1 atom stereocenters. The molecule has 2 aliphatic heterocycles. The summed E-state index contributed by atoms with van der Waals surface area (Å²) < 4.78 is 0. The standard InChI is InChI=1S/C25H30N4OS/c1-4-5-6-9-16-31-25-27-24(30)22-20-10-7-8-11-21(20)26-23(29(22)28-25)19-14-12-18(13-15-19)17(2)3/h7-8,10-15,17,23H,4-6,9,16H2,1-3H3,(H,27,28,30)/t23-/m0/s1. The van der Waals surface area contributed by atoms with Gasteiger partial charge in [0, 0.05) is 11.0 Å². The van der Waals surface area contributed by atoms with Gasteiger partial charge in [0.05, 0.1) is 5.36 Å². The van der Waals surface area contributed by atoms with Gasteiger partial charge >= 0.3 is 0 Å². The highest BCUT2D eigenvalue weighted by atomic mass is 32.2. The molecule has 0 saturated carbocycles. The maximum Gasteiger partial charge on any atom is 0.276 e. The van der Waals surface area contributed by atoms with Crippen LogP contribution in [0.15, 0.2) is 58.6 Å². The molecule has 0 aliphatic carbocycles. The number of unbranched alkanes of at least 4 members (excludes halogenated alkanes) is 3. The number of thioether (sulfide) groups is 1. The predicted molar refractivity (Wildman–Crippen MR) is 128 cm³/mol. The van der Waals surface area contributed by atoms with E-state index in [2.05, 4.69) is 50.4 Å². The monoisotopic (exact) mass is 434 g/mol. The Bertz CT molecular complexity index is 1090. The normalized spacial score (nSPS) is 17.6. The summed E-state index contributed by atoms with van der Waals surface area (Å²) in [6.07, 6.45) is 4.43. The Kier molecular flexibility index (Phi) is 6.76. The molecule has 2 heterocycles. The van der Waals surface area contributed by atoms with Crippen LogP contribution in [0.3, 0.4) is 0 Å². The number of carbonyl (C=O) groups excluding carboxylic acids is 1. The molecule has 0 bridgehead atoms. The number of amides is 1. The Hall–Kier alpha value is -2.60. The van der Waals surface area contributed by atoms with Crippen molar-refractivity contribution in [3.63, 3.8) is 0 Å². The van der Waals surface area contributed by atoms with Crippen molar-refractivity contribution in [3.05, 3.63) is 70.2 Å². The summed E-state index contributed by atoms with van der Waals surface area (Å²) in [5, 5.41) is 11.9. The van der Waals surface area contributed by atoms with Crippen molar-refractivity contribution >= 4 is 28.5 Å². The number of amidine groups is 1. The number of hydrazone groups is 1. The Morgan fingerprint density at radius 2 is 1.84 bits per heavy atom. The lowest BCUT2D eigenvalue weighted by molar-refractivity contribution is -0.116. The van der Waals surface area contributed by atoms with Crippen LogP contribution >= 0.6 is 11.8 Å². The smallest absolute Gasteiger partial charge is 0.276 e. The molecule has 6 heteroatoms. The van der Waals surface area contributed by atoms with Gasteiger partial charge in [-0.1, -0.05) is 94.3 Å². The van der Waals surface area contributed by atoms with Gasteiger partial charge in [0.15, 0.2) is 11.3 Å². The fraction of sp³-hybridized carbons (Fsp3) is 0.400. The maximum absolute atomic E-state index is 13.1. The molecule has 4 rings (SSSR count). The zero-order chi connectivity index (χ0) is 21.8. The molecule has 2 aromatic rings. The molecule has 1 amide bonds. The third-order valence-electron chi connectivity index (χ3n) is 5.65. The summed E-state index contributed by atoms with van der Waals surface area (Å²) in [5.41, 5.74) is 2.88. The van der Waals surface area contributed by atoms with Gasteiger partial charge in [0.2, 0.25) is 0 Å². The van der Waals surface area contributed by atoms with Crippen LogP contribution < -0.4 is 15.9 Å². The van der Waals surface area contributed by atoms with Gasteiger partial charge in [-0.05, 0) is 29.5 Å². The zero-order valence-corrected chi connectivity index (χ0v) is 19.3. The van der Waals surface area contributed by atoms with E-state index in [0.29, 0.717) is 16.8 Å². The van der Waals surface area contributed by atoms with E-state index in [4.69, 9.17) is 10.1 Å². The Morgan fingerprint density at radius 1 is 1.06 bits per heavy atom. The highest BCUT2D eigenvalue weighted by Crippen LogP contribution is 2.31. The topological polar surface area (TPSA) is 57.1 Å². The number of nitrogens with one attached hydrogen (secondary N) is 1. The summed E-state index contributed by atoms with van der Waals surface area (Å²) in [4.78, 5) is 18.1. The van der Waals surface area contributed by atoms with Gasteiger partial charge in [0.25, 0.3) is 5.91 Å². The second kappa shape index (κ2) is 9.69. The summed E-state index contributed by atoms with van der Waals surface area (Å²) in [6.45, 7) is 6.58. The van der Waals surface area contributed by atoms with Gasteiger partial charge < -0.3 is 0 Å². The second-order valence-electron chi connectivity index (χ2n) is 8.30. The first-order valence-corrected chi connectivity index (χ1v) is 12.2. The minimum Gasteiger partial charge on any atom is -0.298 e. The number of hydrogen-bond donors (Lipinski definition) is 1. The van der Waals surface area contributed by atoms with Crippen LogP contribution in [-0.4, -0.2) is 21.8 Å². The first kappa shape index (κ1) is 21.6. The molecule has 0 radical (unpaired) electrons. The minimum absolute atomic E-state index is 0.114. The molecule has 0 fully saturated rings. The quantitative estimate of drug-likeness (QED) is 0.662. The fourth-order valence-electron chi connectivity index (χ4n) is 3.86. The molecule has 1 N–H and O–H groups in total. The van der Waals surface area contributed by atoms with Crippen LogP contribution in [-0.2, 0) is 4.79 Å². The van der Waals surface area contributed by atoms with Gasteiger partial charge in [-0.2, -0.15) is 0 Å². The van der Waals surface area contributed by atoms with E-state index in [9.17, 15) is 4.79 Å². The number of fused-ring (bicyclic) bond motifs is 2. The number of nitrogens with zero attached hydrogens (tertiary/aromatic N) is 3. The van der Waals surface area contributed by atoms with E-state index >= 15 is 0 Å². The molecule has 2 aromatic carbocycles. The lowest BCUT2D eigenvalue weighted by atomic mass is 10.0. The Labute approximate surface area is 188 Å². The van der Waals surface area contributed by atoms with Crippen molar-refractivity contribution in [3.8, 4) is 0 Å². The molecule has 0 aromatic heterocycles. The lowest BCUT2D eigenvalue weighted by Crippen LogP contribution is -2.50. The zero-order valence-electron chi connectivity index (χ0n) is 18.5. The van der Waals surface area contributed by atoms with E-state index < -0.39 is 0 Å². The van der Waals surface area contributed by atoms with Gasteiger partial charge in [0.1, 0.15) is 5.70 Å². The summed E-state index contributed by atoms with van der Waals surface area (Å²) in [5.74, 6) is 1.30. The average molecular weight is 435 g/mol. The van der Waals surface area contributed by atoms with Crippen molar-refractivity contribution in [2.45, 2.75) is 58.5 Å². The Morgan fingerprint density at radius 3 is 2.58 bits per heavy atom. The molecule has 0 unspecified atom stereocenters. The number of hydrogen-bond acceptors (Lipinski definition) is 5. The minimum atomic E-state index is -0.354. The van der Waals surface area contributed by atoms with Crippen molar-refractivity contribution in [1.82, 2.24) is 10.3 Å². The predicted octanol–water partition coefficient (Wildman–Crippen LogP) is 4.27. The molecular formula is C25H30N4OS. The third kappa shape index (κ3) is 4.69. The van der Waals surface area contributed by atoms with Crippen molar-refractivity contribution in [2.24, 2.45) is 10.1 Å². The lowest BCUT2D eigenvalue weighted by Gasteiger charge is -2.34. The number of rotatable bonds is 7. The van der Waals surface area contributed by atoms with Gasteiger partial charge in [-0.15, -0.1) is 5.10 Å². The van der Waals surface area contributed by atoms with Crippen LogP contribution in [0, 0.1) is 0 Å². The maximum atomic E-state index is 13.1. The largest absolute Gasteiger partial charge is 0.298 e. The molecule has 31 heavy (non-hydrogen) atoms. The van der Waals surface area contributed by atoms with Crippen molar-refractivity contribution in [1.29, 1.82) is 0 Å². The SMILES string of the molecule is CCCCCCSC1=NN2C(=c3ccccc3=N[C@@H]2c2ccc(C(C)C)cc2)C(=O)N1. The first-order valence-electron chi connectivity index (χ1n) is 11.2.